The molecule has 0 aliphatic heterocycles. The first kappa shape index (κ1) is 17.1. The van der Waals surface area contributed by atoms with Gasteiger partial charge >= 0.3 is 0 Å². The van der Waals surface area contributed by atoms with Crippen molar-refractivity contribution in [1.29, 1.82) is 0 Å². The molecular formula is C15H25NO3S. The van der Waals surface area contributed by atoms with Crippen molar-refractivity contribution in [3.63, 3.8) is 0 Å². The molecule has 5 heteroatoms. The fourth-order valence-electron chi connectivity index (χ4n) is 2.10. The van der Waals surface area contributed by atoms with Crippen LogP contribution < -0.4 is 4.72 Å². The van der Waals surface area contributed by atoms with E-state index in [-0.39, 0.29) is 0 Å². The van der Waals surface area contributed by atoms with E-state index in [9.17, 15) is 13.5 Å². The molecule has 0 saturated heterocycles. The second kappa shape index (κ2) is 5.13. The number of nitrogens with one attached hydrogen (secondary N) is 1. The van der Waals surface area contributed by atoms with E-state index in [0.717, 1.165) is 5.56 Å². The molecule has 0 fully saturated rings. The Bertz CT molecular complexity index is 587. The highest BCUT2D eigenvalue weighted by Crippen LogP contribution is 2.27. The summed E-state index contributed by atoms with van der Waals surface area (Å²) in [7, 11) is -3.69. The van der Waals surface area contributed by atoms with Crippen LogP contribution in [0.2, 0.25) is 0 Å². The van der Waals surface area contributed by atoms with Crippen molar-refractivity contribution in [2.75, 3.05) is 0 Å². The molecule has 0 spiro atoms. The lowest BCUT2D eigenvalue weighted by Gasteiger charge is -2.37. The Hall–Kier alpha value is -0.910. The summed E-state index contributed by atoms with van der Waals surface area (Å²) in [6.07, 6.45) is 0. The van der Waals surface area contributed by atoms with Crippen LogP contribution in [0.25, 0.3) is 0 Å². The van der Waals surface area contributed by atoms with Crippen LogP contribution in [-0.4, -0.2) is 24.7 Å². The first-order valence-electron chi connectivity index (χ1n) is 6.62. The van der Waals surface area contributed by atoms with Gasteiger partial charge in [0.2, 0.25) is 10.0 Å². The average Bonchev–Trinajstić information content (AvgIpc) is 2.09. The van der Waals surface area contributed by atoms with Crippen LogP contribution in [0.3, 0.4) is 0 Å². The summed E-state index contributed by atoms with van der Waals surface area (Å²) in [6.45, 7) is 12.0. The Morgan fingerprint density at radius 1 is 1.00 bits per heavy atom. The predicted octanol–water partition coefficient (Wildman–Crippen LogP) is 2.44. The molecule has 2 N–H and O–H groups in total. The summed E-state index contributed by atoms with van der Waals surface area (Å²) >= 11 is 0. The van der Waals surface area contributed by atoms with E-state index >= 15 is 0 Å². The van der Waals surface area contributed by atoms with E-state index < -0.39 is 21.2 Å². The van der Waals surface area contributed by atoms with E-state index in [1.807, 2.05) is 19.1 Å². The summed E-state index contributed by atoms with van der Waals surface area (Å²) in [5, 5.41) is 10.1. The molecule has 0 heterocycles. The van der Waals surface area contributed by atoms with E-state index in [1.165, 1.54) is 0 Å². The van der Waals surface area contributed by atoms with Crippen molar-refractivity contribution < 1.29 is 13.5 Å². The normalized spacial score (nSPS) is 13.6. The maximum atomic E-state index is 12.6. The number of aryl methyl sites for hydroxylation is 3. The number of hydrogen-bond donors (Lipinski definition) is 2. The van der Waals surface area contributed by atoms with E-state index in [4.69, 9.17) is 0 Å². The van der Waals surface area contributed by atoms with Crippen LogP contribution in [-0.2, 0) is 10.0 Å². The Balaban J connectivity index is 3.34. The standard InChI is InChI=1S/C15H25NO3S/c1-10-8-11(2)13(12(3)9-10)20(18,19)16-14(4,5)15(6,7)17/h8-9,16-17H,1-7H3. The zero-order valence-corrected chi connectivity index (χ0v) is 14.1. The minimum Gasteiger partial charge on any atom is -0.389 e. The van der Waals surface area contributed by atoms with E-state index in [2.05, 4.69) is 4.72 Å². The molecule has 0 bridgehead atoms. The molecule has 114 valence electrons. The van der Waals surface area contributed by atoms with Crippen molar-refractivity contribution >= 4 is 10.0 Å². The lowest BCUT2D eigenvalue weighted by Crippen LogP contribution is -2.57. The number of sulfonamides is 1. The van der Waals surface area contributed by atoms with Crippen LogP contribution in [0, 0.1) is 20.8 Å². The molecule has 1 aromatic rings. The summed E-state index contributed by atoms with van der Waals surface area (Å²) in [6, 6.07) is 3.69. The third kappa shape index (κ3) is 3.40. The van der Waals surface area contributed by atoms with Crippen molar-refractivity contribution in [1.82, 2.24) is 4.72 Å². The Labute approximate surface area is 122 Å². The largest absolute Gasteiger partial charge is 0.389 e. The van der Waals surface area contributed by atoms with E-state index in [0.29, 0.717) is 16.0 Å². The third-order valence-corrected chi connectivity index (χ3v) is 5.75. The Morgan fingerprint density at radius 3 is 1.75 bits per heavy atom. The van der Waals surface area contributed by atoms with Gasteiger partial charge < -0.3 is 5.11 Å². The molecule has 0 aliphatic rings. The Kier molecular flexibility index (Phi) is 4.40. The van der Waals surface area contributed by atoms with E-state index in [1.54, 1.807) is 41.5 Å². The average molecular weight is 299 g/mol. The summed E-state index contributed by atoms with van der Waals surface area (Å²) in [5.74, 6) is 0. The fourth-order valence-corrected chi connectivity index (χ4v) is 4.09. The number of benzene rings is 1. The van der Waals surface area contributed by atoms with Gasteiger partial charge in [0.25, 0.3) is 0 Å². The summed E-state index contributed by atoms with van der Waals surface area (Å²) < 4.78 is 27.9. The van der Waals surface area contributed by atoms with Crippen molar-refractivity contribution in [2.45, 2.75) is 64.5 Å². The number of hydrogen-bond acceptors (Lipinski definition) is 3. The number of aliphatic hydroxyl groups is 1. The zero-order chi connectivity index (χ0) is 15.9. The predicted molar refractivity (Wildman–Crippen MR) is 81.4 cm³/mol. The maximum Gasteiger partial charge on any atom is 0.241 e. The van der Waals surface area contributed by atoms with Gasteiger partial charge in [-0.05, 0) is 59.6 Å². The van der Waals surface area contributed by atoms with Crippen molar-refractivity contribution in [3.8, 4) is 0 Å². The quantitative estimate of drug-likeness (QED) is 0.897. The fraction of sp³-hybridized carbons (Fsp3) is 0.600. The van der Waals surface area contributed by atoms with Gasteiger partial charge in [0.1, 0.15) is 0 Å². The second-order valence-corrected chi connectivity index (χ2v) is 8.14. The first-order valence-corrected chi connectivity index (χ1v) is 8.10. The van der Waals surface area contributed by atoms with Gasteiger partial charge in [-0.3, -0.25) is 0 Å². The molecule has 4 nitrogen and oxygen atoms in total. The minimum atomic E-state index is -3.69. The number of rotatable bonds is 4. The lowest BCUT2D eigenvalue weighted by molar-refractivity contribution is 0.00637. The molecule has 0 aliphatic carbocycles. The van der Waals surface area contributed by atoms with Crippen molar-refractivity contribution in [2.24, 2.45) is 0 Å². The lowest BCUT2D eigenvalue weighted by atomic mass is 9.87. The summed E-state index contributed by atoms with van der Waals surface area (Å²) in [4.78, 5) is 0.292. The van der Waals surface area contributed by atoms with Crippen LogP contribution in [0.5, 0.6) is 0 Å². The van der Waals surface area contributed by atoms with Gasteiger partial charge in [-0.1, -0.05) is 17.7 Å². The summed E-state index contributed by atoms with van der Waals surface area (Å²) in [5.41, 5.74) is 0.297. The molecule has 0 aromatic heterocycles. The zero-order valence-electron chi connectivity index (χ0n) is 13.3. The highest BCUT2D eigenvalue weighted by molar-refractivity contribution is 7.89. The maximum absolute atomic E-state index is 12.6. The van der Waals surface area contributed by atoms with Gasteiger partial charge in [0.15, 0.2) is 0 Å². The smallest absolute Gasteiger partial charge is 0.241 e. The molecule has 0 amide bonds. The molecular weight excluding hydrogens is 274 g/mol. The molecule has 1 rings (SSSR count). The second-order valence-electron chi connectivity index (χ2n) is 6.52. The van der Waals surface area contributed by atoms with Gasteiger partial charge in [0.05, 0.1) is 16.0 Å². The SMILES string of the molecule is Cc1cc(C)c(S(=O)(=O)NC(C)(C)C(C)(C)O)c(C)c1. The highest BCUT2D eigenvalue weighted by Gasteiger charge is 2.39. The van der Waals surface area contributed by atoms with Crippen LogP contribution in [0.4, 0.5) is 0 Å². The molecule has 0 radical (unpaired) electrons. The van der Waals surface area contributed by atoms with Crippen molar-refractivity contribution in [3.05, 3.63) is 28.8 Å². The van der Waals surface area contributed by atoms with Gasteiger partial charge in [0, 0.05) is 0 Å². The first-order chi connectivity index (χ1) is 8.78. The molecule has 1 aromatic carbocycles. The third-order valence-electron chi connectivity index (χ3n) is 3.79. The van der Waals surface area contributed by atoms with Gasteiger partial charge in [-0.25, -0.2) is 13.1 Å². The molecule has 0 saturated carbocycles. The van der Waals surface area contributed by atoms with Crippen LogP contribution in [0.1, 0.15) is 44.4 Å². The van der Waals surface area contributed by atoms with Crippen LogP contribution in [0.15, 0.2) is 17.0 Å². The Morgan fingerprint density at radius 2 is 1.40 bits per heavy atom. The monoisotopic (exact) mass is 299 g/mol. The van der Waals surface area contributed by atoms with Gasteiger partial charge in [-0.2, -0.15) is 0 Å². The highest BCUT2D eigenvalue weighted by atomic mass is 32.2. The van der Waals surface area contributed by atoms with Gasteiger partial charge in [-0.15, -0.1) is 0 Å². The minimum absolute atomic E-state index is 0.292. The topological polar surface area (TPSA) is 66.4 Å². The molecule has 20 heavy (non-hydrogen) atoms. The molecule has 0 atom stereocenters. The van der Waals surface area contributed by atoms with Crippen LogP contribution >= 0.6 is 0 Å². The molecule has 0 unspecified atom stereocenters.